The summed E-state index contributed by atoms with van der Waals surface area (Å²) < 4.78 is 5.49. The minimum Gasteiger partial charge on any atom is -0.507 e. The number of hydrogen-bond donors (Lipinski definition) is 1. The van der Waals surface area contributed by atoms with Gasteiger partial charge in [0, 0.05) is 12.1 Å². The SMILES string of the molecule is CN(C)CCCN1C(=O)C(=O)/C(=C(/O)c2ccccc2)[C@H]1c1ccco1. The van der Waals surface area contributed by atoms with E-state index in [4.69, 9.17) is 4.42 Å². The first-order valence-electron chi connectivity index (χ1n) is 8.52. The first kappa shape index (κ1) is 17.9. The molecule has 6 nitrogen and oxygen atoms in total. The molecule has 1 aliphatic rings. The standard InChI is InChI=1S/C20H22N2O4/c1-21(2)11-7-12-22-17(15-10-6-13-26-15)16(19(24)20(22)25)18(23)14-8-4-3-5-9-14/h3-6,8-10,13,17,23H,7,11-12H2,1-2H3/b18-16+/t17-/m1/s1. The number of benzene rings is 1. The number of rotatable bonds is 6. The van der Waals surface area contributed by atoms with Gasteiger partial charge in [-0.1, -0.05) is 30.3 Å². The smallest absolute Gasteiger partial charge is 0.295 e. The van der Waals surface area contributed by atoms with Gasteiger partial charge in [0.15, 0.2) is 0 Å². The third-order valence-electron chi connectivity index (χ3n) is 4.40. The van der Waals surface area contributed by atoms with Crippen LogP contribution in [-0.2, 0) is 9.59 Å². The summed E-state index contributed by atoms with van der Waals surface area (Å²) >= 11 is 0. The Kier molecular flexibility index (Phi) is 5.23. The van der Waals surface area contributed by atoms with Gasteiger partial charge in [0.1, 0.15) is 17.6 Å². The lowest BCUT2D eigenvalue weighted by Crippen LogP contribution is -2.32. The minimum absolute atomic E-state index is 0.0704. The number of carbonyl (C=O) groups excluding carboxylic acids is 2. The zero-order chi connectivity index (χ0) is 18.7. The first-order chi connectivity index (χ1) is 12.5. The monoisotopic (exact) mass is 354 g/mol. The van der Waals surface area contributed by atoms with Crippen molar-refractivity contribution in [3.05, 3.63) is 65.6 Å². The molecule has 1 amide bonds. The van der Waals surface area contributed by atoms with E-state index < -0.39 is 17.7 Å². The maximum absolute atomic E-state index is 12.7. The fourth-order valence-corrected chi connectivity index (χ4v) is 3.16. The van der Waals surface area contributed by atoms with E-state index in [0.717, 1.165) is 6.54 Å². The number of ketones is 1. The van der Waals surface area contributed by atoms with E-state index in [1.54, 1.807) is 36.4 Å². The Bertz CT molecular complexity index is 810. The molecule has 1 aromatic heterocycles. The second kappa shape index (κ2) is 7.58. The maximum atomic E-state index is 12.7. The molecule has 26 heavy (non-hydrogen) atoms. The molecule has 2 aromatic rings. The van der Waals surface area contributed by atoms with Gasteiger partial charge in [0.05, 0.1) is 11.8 Å². The van der Waals surface area contributed by atoms with E-state index in [1.165, 1.54) is 11.2 Å². The van der Waals surface area contributed by atoms with Gasteiger partial charge in [-0.2, -0.15) is 0 Å². The molecule has 0 radical (unpaired) electrons. The third kappa shape index (κ3) is 3.41. The van der Waals surface area contributed by atoms with Crippen LogP contribution < -0.4 is 0 Å². The number of nitrogens with zero attached hydrogens (tertiary/aromatic N) is 2. The first-order valence-corrected chi connectivity index (χ1v) is 8.52. The van der Waals surface area contributed by atoms with Crippen LogP contribution >= 0.6 is 0 Å². The molecule has 1 fully saturated rings. The van der Waals surface area contributed by atoms with Crippen molar-refractivity contribution in [1.29, 1.82) is 0 Å². The average Bonchev–Trinajstić information content (AvgIpc) is 3.24. The Hall–Kier alpha value is -2.86. The molecule has 3 rings (SSSR count). The molecule has 0 bridgehead atoms. The van der Waals surface area contributed by atoms with Crippen LogP contribution in [0, 0.1) is 0 Å². The highest BCUT2D eigenvalue weighted by atomic mass is 16.3. The van der Waals surface area contributed by atoms with Gasteiger partial charge in [-0.25, -0.2) is 0 Å². The summed E-state index contributed by atoms with van der Waals surface area (Å²) in [4.78, 5) is 28.8. The van der Waals surface area contributed by atoms with E-state index in [1.807, 2.05) is 25.1 Å². The van der Waals surface area contributed by atoms with Crippen LogP contribution in [0.3, 0.4) is 0 Å². The zero-order valence-corrected chi connectivity index (χ0v) is 14.9. The van der Waals surface area contributed by atoms with Gasteiger partial charge >= 0.3 is 0 Å². The lowest BCUT2D eigenvalue weighted by Gasteiger charge is -2.23. The second-order valence-electron chi connectivity index (χ2n) is 6.53. The topological polar surface area (TPSA) is 74.0 Å². The molecule has 2 heterocycles. The summed E-state index contributed by atoms with van der Waals surface area (Å²) in [7, 11) is 3.90. The zero-order valence-electron chi connectivity index (χ0n) is 14.9. The van der Waals surface area contributed by atoms with Gasteiger partial charge < -0.3 is 19.3 Å². The fraction of sp³-hybridized carbons (Fsp3) is 0.300. The van der Waals surface area contributed by atoms with Crippen LogP contribution in [0.5, 0.6) is 0 Å². The van der Waals surface area contributed by atoms with E-state index in [2.05, 4.69) is 0 Å². The lowest BCUT2D eigenvalue weighted by atomic mass is 9.99. The Morgan fingerprint density at radius 1 is 1.15 bits per heavy atom. The van der Waals surface area contributed by atoms with Gasteiger partial charge in [-0.3, -0.25) is 9.59 Å². The largest absolute Gasteiger partial charge is 0.507 e. The van der Waals surface area contributed by atoms with Crippen molar-refractivity contribution in [2.75, 3.05) is 27.2 Å². The van der Waals surface area contributed by atoms with Crippen molar-refractivity contribution in [2.24, 2.45) is 0 Å². The van der Waals surface area contributed by atoms with Gasteiger partial charge in [-0.05, 0) is 39.2 Å². The number of carbonyl (C=O) groups is 2. The molecule has 6 heteroatoms. The summed E-state index contributed by atoms with van der Waals surface area (Å²) in [6.07, 6.45) is 2.21. The highest BCUT2D eigenvalue weighted by Crippen LogP contribution is 2.39. The molecule has 0 saturated carbocycles. The van der Waals surface area contributed by atoms with E-state index in [9.17, 15) is 14.7 Å². The normalized spacial score (nSPS) is 19.5. The Morgan fingerprint density at radius 3 is 2.50 bits per heavy atom. The van der Waals surface area contributed by atoms with E-state index in [0.29, 0.717) is 24.3 Å². The Morgan fingerprint density at radius 2 is 1.88 bits per heavy atom. The maximum Gasteiger partial charge on any atom is 0.295 e. The van der Waals surface area contributed by atoms with E-state index >= 15 is 0 Å². The molecule has 1 atom stereocenters. The molecule has 0 unspecified atom stereocenters. The van der Waals surface area contributed by atoms with Crippen molar-refractivity contribution in [1.82, 2.24) is 9.80 Å². The molecule has 1 aromatic carbocycles. The molecular formula is C20H22N2O4. The number of hydrogen-bond acceptors (Lipinski definition) is 5. The number of furan rings is 1. The Labute approximate surface area is 152 Å². The molecule has 0 spiro atoms. The summed E-state index contributed by atoms with van der Waals surface area (Å²) in [5.41, 5.74) is 0.566. The van der Waals surface area contributed by atoms with Gasteiger partial charge in [-0.15, -0.1) is 0 Å². The van der Waals surface area contributed by atoms with Crippen LogP contribution in [0.2, 0.25) is 0 Å². The third-order valence-corrected chi connectivity index (χ3v) is 4.40. The molecular weight excluding hydrogens is 332 g/mol. The number of amides is 1. The lowest BCUT2D eigenvalue weighted by molar-refractivity contribution is -0.140. The minimum atomic E-state index is -0.715. The van der Waals surface area contributed by atoms with Crippen LogP contribution in [0.1, 0.15) is 23.8 Å². The summed E-state index contributed by atoms with van der Waals surface area (Å²) in [5, 5.41) is 10.7. The summed E-state index contributed by atoms with van der Waals surface area (Å²) in [5.74, 6) is -1.01. The number of aliphatic hydroxyl groups excluding tert-OH is 1. The van der Waals surface area contributed by atoms with E-state index in [-0.39, 0.29) is 11.3 Å². The fourth-order valence-electron chi connectivity index (χ4n) is 3.16. The molecule has 1 aliphatic heterocycles. The van der Waals surface area contributed by atoms with Crippen LogP contribution in [0.15, 0.2) is 58.7 Å². The van der Waals surface area contributed by atoms with Gasteiger partial charge in [0.2, 0.25) is 0 Å². The van der Waals surface area contributed by atoms with Crippen LogP contribution in [-0.4, -0.2) is 53.8 Å². The van der Waals surface area contributed by atoms with Gasteiger partial charge in [0.25, 0.3) is 11.7 Å². The van der Waals surface area contributed by atoms with Crippen LogP contribution in [0.4, 0.5) is 0 Å². The predicted octanol–water partition coefficient (Wildman–Crippen LogP) is 2.65. The highest BCUT2D eigenvalue weighted by Gasteiger charge is 2.47. The molecule has 1 saturated heterocycles. The van der Waals surface area contributed by atoms with Crippen molar-refractivity contribution < 1.29 is 19.1 Å². The second-order valence-corrected chi connectivity index (χ2v) is 6.53. The molecule has 0 aliphatic carbocycles. The number of likely N-dealkylation sites (tertiary alicyclic amines) is 1. The quantitative estimate of drug-likeness (QED) is 0.490. The Balaban J connectivity index is 2.02. The predicted molar refractivity (Wildman–Crippen MR) is 97.3 cm³/mol. The average molecular weight is 354 g/mol. The number of aliphatic hydroxyl groups is 1. The highest BCUT2D eigenvalue weighted by molar-refractivity contribution is 6.46. The summed E-state index contributed by atoms with van der Waals surface area (Å²) in [6.45, 7) is 1.19. The number of Topliss-reactive ketones (excluding diaryl/α,β-unsaturated/α-hetero) is 1. The van der Waals surface area contributed by atoms with Crippen molar-refractivity contribution >= 4 is 17.4 Å². The van der Waals surface area contributed by atoms with Crippen molar-refractivity contribution in [3.63, 3.8) is 0 Å². The van der Waals surface area contributed by atoms with Crippen molar-refractivity contribution in [2.45, 2.75) is 12.5 Å². The molecule has 1 N–H and O–H groups in total. The molecule has 136 valence electrons. The van der Waals surface area contributed by atoms with Crippen molar-refractivity contribution in [3.8, 4) is 0 Å². The van der Waals surface area contributed by atoms with Crippen LogP contribution in [0.25, 0.3) is 5.76 Å². The summed E-state index contributed by atoms with van der Waals surface area (Å²) in [6, 6.07) is 11.5.